The highest BCUT2D eigenvalue weighted by Gasteiger charge is 2.25. The number of amides is 1. The van der Waals surface area contributed by atoms with Crippen molar-refractivity contribution in [2.75, 3.05) is 39.3 Å². The van der Waals surface area contributed by atoms with E-state index < -0.39 is 5.63 Å². The molecule has 0 unspecified atom stereocenters. The van der Waals surface area contributed by atoms with Crippen molar-refractivity contribution in [3.63, 3.8) is 0 Å². The molecule has 0 aliphatic carbocycles. The van der Waals surface area contributed by atoms with E-state index >= 15 is 0 Å². The van der Waals surface area contributed by atoms with E-state index in [2.05, 4.69) is 4.90 Å². The van der Waals surface area contributed by atoms with Crippen molar-refractivity contribution in [1.29, 1.82) is 0 Å². The SMILES string of the molecule is Cc1oc2c(c(C)cc3oc(=O)c(CC(=O)N4CCN(CCO)CC4)c(C)c32)c1C. The summed E-state index contributed by atoms with van der Waals surface area (Å²) in [5.74, 6) is 0.758. The van der Waals surface area contributed by atoms with E-state index in [0.29, 0.717) is 36.4 Å². The molecule has 7 nitrogen and oxygen atoms in total. The summed E-state index contributed by atoms with van der Waals surface area (Å²) >= 11 is 0. The predicted molar refractivity (Wildman–Crippen MR) is 115 cm³/mol. The summed E-state index contributed by atoms with van der Waals surface area (Å²) in [6.07, 6.45) is 0.0121. The van der Waals surface area contributed by atoms with Crippen LogP contribution in [0.4, 0.5) is 0 Å². The molecule has 30 heavy (non-hydrogen) atoms. The first kappa shape index (κ1) is 20.6. The number of carbonyl (C=O) groups excluding carboxylic acids is 1. The molecule has 1 amide bonds. The summed E-state index contributed by atoms with van der Waals surface area (Å²) in [5, 5.41) is 10.9. The molecule has 0 bridgehead atoms. The molecule has 0 atom stereocenters. The second-order valence-electron chi connectivity index (χ2n) is 8.17. The molecule has 4 rings (SSSR count). The minimum Gasteiger partial charge on any atom is -0.460 e. The Morgan fingerprint density at radius 3 is 2.40 bits per heavy atom. The van der Waals surface area contributed by atoms with Crippen LogP contribution in [-0.2, 0) is 11.2 Å². The van der Waals surface area contributed by atoms with Crippen LogP contribution in [0.25, 0.3) is 21.9 Å². The van der Waals surface area contributed by atoms with Gasteiger partial charge >= 0.3 is 5.63 Å². The minimum absolute atomic E-state index is 0.0121. The number of aliphatic hydroxyl groups excluding tert-OH is 1. The first-order valence-corrected chi connectivity index (χ1v) is 10.4. The van der Waals surface area contributed by atoms with Gasteiger partial charge in [-0.05, 0) is 50.5 Å². The third-order valence-corrected chi connectivity index (χ3v) is 6.35. The van der Waals surface area contributed by atoms with Gasteiger partial charge in [0.15, 0.2) is 0 Å². The van der Waals surface area contributed by atoms with Crippen molar-refractivity contribution >= 4 is 27.8 Å². The predicted octanol–water partition coefficient (Wildman–Crippen LogP) is 2.45. The highest BCUT2D eigenvalue weighted by Crippen LogP contribution is 2.36. The summed E-state index contributed by atoms with van der Waals surface area (Å²) in [4.78, 5) is 29.5. The van der Waals surface area contributed by atoms with Crippen molar-refractivity contribution in [1.82, 2.24) is 9.80 Å². The Kier molecular flexibility index (Phi) is 5.42. The number of rotatable bonds is 4. The highest BCUT2D eigenvalue weighted by molar-refractivity contribution is 6.07. The van der Waals surface area contributed by atoms with Gasteiger partial charge in [-0.15, -0.1) is 0 Å². The molecule has 1 N–H and O–H groups in total. The molecule has 1 aliphatic rings. The van der Waals surface area contributed by atoms with Crippen molar-refractivity contribution in [2.24, 2.45) is 0 Å². The van der Waals surface area contributed by atoms with Gasteiger partial charge in [0.1, 0.15) is 16.9 Å². The normalized spacial score (nSPS) is 15.4. The number of hydrogen-bond acceptors (Lipinski definition) is 6. The van der Waals surface area contributed by atoms with Gasteiger partial charge in [0.25, 0.3) is 0 Å². The fourth-order valence-electron chi connectivity index (χ4n) is 4.46. The monoisotopic (exact) mass is 412 g/mol. The summed E-state index contributed by atoms with van der Waals surface area (Å²) in [7, 11) is 0. The first-order chi connectivity index (χ1) is 14.3. The average molecular weight is 412 g/mol. The van der Waals surface area contributed by atoms with Crippen LogP contribution in [0.5, 0.6) is 0 Å². The van der Waals surface area contributed by atoms with Crippen LogP contribution >= 0.6 is 0 Å². The van der Waals surface area contributed by atoms with Crippen molar-refractivity contribution in [2.45, 2.75) is 34.1 Å². The summed E-state index contributed by atoms with van der Waals surface area (Å²) in [5.41, 5.74) is 3.95. The molecular formula is C23H28N2O5. The van der Waals surface area contributed by atoms with Crippen LogP contribution in [0, 0.1) is 27.7 Å². The molecule has 160 valence electrons. The van der Waals surface area contributed by atoms with Crippen LogP contribution < -0.4 is 5.63 Å². The first-order valence-electron chi connectivity index (χ1n) is 10.4. The Balaban J connectivity index is 1.71. The maximum atomic E-state index is 12.9. The highest BCUT2D eigenvalue weighted by atomic mass is 16.4. The number of benzene rings is 1. The molecule has 0 spiro atoms. The van der Waals surface area contributed by atoms with Gasteiger partial charge in [-0.3, -0.25) is 9.69 Å². The fraction of sp³-hybridized carbons (Fsp3) is 0.478. The number of carbonyl (C=O) groups is 1. The molecule has 1 fully saturated rings. The van der Waals surface area contributed by atoms with E-state index in [-0.39, 0.29) is 18.9 Å². The summed E-state index contributed by atoms with van der Waals surface area (Å²) in [6, 6.07) is 1.88. The maximum absolute atomic E-state index is 12.9. The number of aliphatic hydroxyl groups is 1. The second-order valence-corrected chi connectivity index (χ2v) is 8.17. The number of β-amino-alcohol motifs (C(OH)–C–C–N with tert-alkyl or cyclic N) is 1. The number of nitrogens with zero attached hydrogens (tertiary/aromatic N) is 2. The third kappa shape index (κ3) is 3.42. The molecule has 0 radical (unpaired) electrons. The zero-order valence-corrected chi connectivity index (χ0v) is 18.0. The molecule has 0 saturated carbocycles. The zero-order chi connectivity index (χ0) is 21.6. The lowest BCUT2D eigenvalue weighted by atomic mass is 9.98. The van der Waals surface area contributed by atoms with Crippen LogP contribution in [0.3, 0.4) is 0 Å². The van der Waals surface area contributed by atoms with Gasteiger partial charge in [-0.1, -0.05) is 0 Å². The second kappa shape index (κ2) is 7.89. The standard InChI is InChI=1S/C23H28N2O5/c1-13-11-18-21(22-20(13)14(2)16(4)29-22)15(3)17(23(28)30-18)12-19(27)25-7-5-24(6-8-25)9-10-26/h11,26H,5-10,12H2,1-4H3. The average Bonchev–Trinajstić information content (AvgIpc) is 3.00. The van der Waals surface area contributed by atoms with Crippen LogP contribution in [0.2, 0.25) is 0 Å². The Hall–Kier alpha value is -2.64. The fourth-order valence-corrected chi connectivity index (χ4v) is 4.46. The molecule has 1 aliphatic heterocycles. The quantitative estimate of drug-likeness (QED) is 0.663. The lowest BCUT2D eigenvalue weighted by Gasteiger charge is -2.34. The van der Waals surface area contributed by atoms with Gasteiger partial charge in [0.05, 0.1) is 24.0 Å². The Labute approximate surface area is 174 Å². The van der Waals surface area contributed by atoms with E-state index in [9.17, 15) is 9.59 Å². The molecule has 1 aromatic carbocycles. The number of furan rings is 1. The van der Waals surface area contributed by atoms with E-state index in [4.69, 9.17) is 13.9 Å². The Morgan fingerprint density at radius 1 is 1.03 bits per heavy atom. The van der Waals surface area contributed by atoms with Gasteiger partial charge in [-0.25, -0.2) is 4.79 Å². The molecule has 1 saturated heterocycles. The van der Waals surface area contributed by atoms with E-state index in [1.807, 2.05) is 33.8 Å². The van der Waals surface area contributed by atoms with Crippen molar-refractivity contribution < 1.29 is 18.7 Å². The van der Waals surface area contributed by atoms with E-state index in [0.717, 1.165) is 46.3 Å². The number of aryl methyl sites for hydroxylation is 4. The van der Waals surface area contributed by atoms with Gasteiger partial charge in [0, 0.05) is 38.1 Å². The van der Waals surface area contributed by atoms with E-state index in [1.54, 1.807) is 4.90 Å². The smallest absolute Gasteiger partial charge is 0.340 e. The Bertz CT molecular complexity index is 1180. The lowest BCUT2D eigenvalue weighted by molar-refractivity contribution is -0.132. The van der Waals surface area contributed by atoms with Crippen molar-refractivity contribution in [3.05, 3.63) is 44.5 Å². The molecule has 3 aromatic rings. The lowest BCUT2D eigenvalue weighted by Crippen LogP contribution is -2.49. The minimum atomic E-state index is -0.467. The maximum Gasteiger partial charge on any atom is 0.340 e. The van der Waals surface area contributed by atoms with Gasteiger partial charge < -0.3 is 18.8 Å². The van der Waals surface area contributed by atoms with Gasteiger partial charge in [-0.2, -0.15) is 0 Å². The van der Waals surface area contributed by atoms with Crippen LogP contribution in [-0.4, -0.2) is 60.1 Å². The molecular weight excluding hydrogens is 384 g/mol. The number of fused-ring (bicyclic) bond motifs is 3. The summed E-state index contributed by atoms with van der Waals surface area (Å²) < 4.78 is 11.7. The summed E-state index contributed by atoms with van der Waals surface area (Å²) in [6.45, 7) is 11.2. The van der Waals surface area contributed by atoms with Crippen molar-refractivity contribution in [3.8, 4) is 0 Å². The zero-order valence-electron chi connectivity index (χ0n) is 18.0. The number of piperazine rings is 1. The van der Waals surface area contributed by atoms with Crippen LogP contribution in [0.1, 0.15) is 28.0 Å². The van der Waals surface area contributed by atoms with Crippen LogP contribution in [0.15, 0.2) is 19.7 Å². The molecule has 2 aromatic heterocycles. The largest absolute Gasteiger partial charge is 0.460 e. The number of hydrogen-bond donors (Lipinski definition) is 1. The Morgan fingerprint density at radius 2 is 1.73 bits per heavy atom. The molecule has 3 heterocycles. The third-order valence-electron chi connectivity index (χ3n) is 6.35. The van der Waals surface area contributed by atoms with Gasteiger partial charge in [0.2, 0.25) is 5.91 Å². The topological polar surface area (TPSA) is 87.1 Å². The molecule has 7 heteroatoms. The van der Waals surface area contributed by atoms with E-state index in [1.165, 1.54) is 0 Å².